The lowest BCUT2D eigenvalue weighted by Gasteiger charge is -2.33. The van der Waals surface area contributed by atoms with Crippen LogP contribution in [0.15, 0.2) is 34.2 Å². The second-order valence-electron chi connectivity index (χ2n) is 7.75. The highest BCUT2D eigenvalue weighted by Gasteiger charge is 2.24. The number of likely N-dealkylation sites (N-methyl/N-ethyl adjacent to an activating group) is 1. The predicted molar refractivity (Wildman–Crippen MR) is 117 cm³/mol. The third kappa shape index (κ3) is 4.06. The van der Waals surface area contributed by atoms with E-state index >= 15 is 0 Å². The number of benzene rings is 1. The first-order chi connectivity index (χ1) is 14.2. The zero-order valence-corrected chi connectivity index (χ0v) is 18.3. The van der Waals surface area contributed by atoms with Crippen molar-refractivity contribution in [2.45, 2.75) is 42.7 Å². The van der Waals surface area contributed by atoms with Crippen molar-refractivity contribution in [3.63, 3.8) is 0 Å². The van der Waals surface area contributed by atoms with Crippen molar-refractivity contribution in [3.05, 3.63) is 46.3 Å². The second-order valence-corrected chi connectivity index (χ2v) is 9.89. The van der Waals surface area contributed by atoms with Crippen molar-refractivity contribution < 1.29 is 4.39 Å². The van der Waals surface area contributed by atoms with Gasteiger partial charge in [-0.05, 0) is 55.6 Å². The Morgan fingerprint density at radius 3 is 2.55 bits per heavy atom. The molecule has 7 heteroatoms. The van der Waals surface area contributed by atoms with Gasteiger partial charge in [-0.3, -0.25) is 4.90 Å². The van der Waals surface area contributed by atoms with Gasteiger partial charge < -0.3 is 4.90 Å². The molecule has 0 spiro atoms. The average Bonchev–Trinajstić information content (AvgIpc) is 3.31. The summed E-state index contributed by atoms with van der Waals surface area (Å²) < 4.78 is 13.3. The largest absolute Gasteiger partial charge is 0.301 e. The first-order valence-electron chi connectivity index (χ1n) is 10.4. The fraction of sp³-hybridized carbons (Fsp3) is 0.455. The standard InChI is InChI=1S/C22H25FN4S2/c1-2-26-10-12-27(13-11-26)14-19-24-21(28-16-8-6-15(23)7-9-16)20-17-4-3-5-18(17)29-22(20)25-19/h6-9H,2-5,10-14H2,1H3. The normalized spacial score (nSPS) is 17.9. The number of nitrogens with zero attached hydrogens (tertiary/aromatic N) is 4. The number of aryl methyl sites for hydroxylation is 2. The van der Waals surface area contributed by atoms with Crippen LogP contribution in [-0.2, 0) is 19.4 Å². The van der Waals surface area contributed by atoms with Crippen LogP contribution in [0.2, 0.25) is 0 Å². The van der Waals surface area contributed by atoms with Gasteiger partial charge in [-0.25, -0.2) is 14.4 Å². The van der Waals surface area contributed by atoms with Crippen LogP contribution in [0.4, 0.5) is 4.39 Å². The Labute approximate surface area is 179 Å². The van der Waals surface area contributed by atoms with Crippen LogP contribution >= 0.6 is 23.1 Å². The number of hydrogen-bond acceptors (Lipinski definition) is 6. The maximum absolute atomic E-state index is 13.3. The van der Waals surface area contributed by atoms with E-state index in [9.17, 15) is 4.39 Å². The lowest BCUT2D eigenvalue weighted by Crippen LogP contribution is -2.45. The highest BCUT2D eigenvalue weighted by molar-refractivity contribution is 7.99. The number of aromatic nitrogens is 2. The minimum Gasteiger partial charge on any atom is -0.301 e. The molecular weight excluding hydrogens is 403 g/mol. The SMILES string of the molecule is CCN1CCN(Cc2nc(Sc3ccc(F)cc3)c3c4c(sc3n2)CCC4)CC1. The molecule has 1 aromatic carbocycles. The molecule has 0 unspecified atom stereocenters. The highest BCUT2D eigenvalue weighted by Crippen LogP contribution is 2.42. The number of fused-ring (bicyclic) bond motifs is 3. The van der Waals surface area contributed by atoms with Crippen molar-refractivity contribution in [1.82, 2.24) is 19.8 Å². The monoisotopic (exact) mass is 428 g/mol. The first kappa shape index (κ1) is 19.4. The predicted octanol–water partition coefficient (Wildman–Crippen LogP) is 4.61. The molecular formula is C22H25FN4S2. The Bertz CT molecular complexity index is 1010. The van der Waals surface area contributed by atoms with Crippen LogP contribution in [0.1, 0.15) is 29.6 Å². The van der Waals surface area contributed by atoms with Crippen molar-refractivity contribution in [1.29, 1.82) is 0 Å². The minimum absolute atomic E-state index is 0.203. The molecule has 1 aliphatic heterocycles. The smallest absolute Gasteiger partial charge is 0.145 e. The summed E-state index contributed by atoms with van der Waals surface area (Å²) in [5, 5.41) is 2.26. The molecule has 5 rings (SSSR count). The summed E-state index contributed by atoms with van der Waals surface area (Å²) >= 11 is 3.48. The zero-order valence-electron chi connectivity index (χ0n) is 16.7. The number of halogens is 1. The summed E-state index contributed by atoms with van der Waals surface area (Å²) in [5.41, 5.74) is 1.44. The van der Waals surface area contributed by atoms with Gasteiger partial charge in [0.1, 0.15) is 21.5 Å². The lowest BCUT2D eigenvalue weighted by molar-refractivity contribution is 0.129. The summed E-state index contributed by atoms with van der Waals surface area (Å²) in [6.45, 7) is 8.50. The molecule has 2 aromatic heterocycles. The van der Waals surface area contributed by atoms with E-state index in [-0.39, 0.29) is 5.82 Å². The number of piperazine rings is 1. The van der Waals surface area contributed by atoms with E-state index in [1.54, 1.807) is 11.8 Å². The molecule has 152 valence electrons. The van der Waals surface area contributed by atoms with E-state index < -0.39 is 0 Å². The zero-order chi connectivity index (χ0) is 19.8. The number of thiophene rings is 1. The van der Waals surface area contributed by atoms with E-state index in [0.29, 0.717) is 0 Å². The first-order valence-corrected chi connectivity index (χ1v) is 12.0. The van der Waals surface area contributed by atoms with E-state index in [4.69, 9.17) is 9.97 Å². The number of hydrogen-bond donors (Lipinski definition) is 0. The second kappa shape index (κ2) is 8.30. The van der Waals surface area contributed by atoms with E-state index in [1.165, 1.54) is 34.4 Å². The molecule has 0 saturated carbocycles. The van der Waals surface area contributed by atoms with E-state index in [0.717, 1.165) is 72.7 Å². The molecule has 2 aliphatic rings. The molecule has 1 fully saturated rings. The molecule has 0 radical (unpaired) electrons. The summed E-state index contributed by atoms with van der Waals surface area (Å²) in [7, 11) is 0. The molecule has 0 amide bonds. The Morgan fingerprint density at radius 1 is 1.03 bits per heavy atom. The van der Waals surface area contributed by atoms with Gasteiger partial charge in [-0.15, -0.1) is 11.3 Å². The summed E-state index contributed by atoms with van der Waals surface area (Å²) in [6, 6.07) is 6.72. The molecule has 29 heavy (non-hydrogen) atoms. The van der Waals surface area contributed by atoms with Crippen molar-refractivity contribution in [3.8, 4) is 0 Å². The van der Waals surface area contributed by atoms with Gasteiger partial charge in [0.2, 0.25) is 0 Å². The molecule has 3 heterocycles. The van der Waals surface area contributed by atoms with Gasteiger partial charge in [0, 0.05) is 41.3 Å². The molecule has 1 aliphatic carbocycles. The van der Waals surface area contributed by atoms with Gasteiger partial charge >= 0.3 is 0 Å². The van der Waals surface area contributed by atoms with Crippen molar-refractivity contribution >= 4 is 33.3 Å². The quantitative estimate of drug-likeness (QED) is 0.554. The van der Waals surface area contributed by atoms with Gasteiger partial charge in [0.25, 0.3) is 0 Å². The Morgan fingerprint density at radius 2 is 1.79 bits per heavy atom. The Kier molecular flexibility index (Phi) is 5.56. The van der Waals surface area contributed by atoms with Gasteiger partial charge in [0.15, 0.2) is 0 Å². The van der Waals surface area contributed by atoms with Crippen LogP contribution in [0.5, 0.6) is 0 Å². The molecule has 0 N–H and O–H groups in total. The molecule has 4 nitrogen and oxygen atoms in total. The summed E-state index contributed by atoms with van der Waals surface area (Å²) in [6.07, 6.45) is 3.50. The maximum Gasteiger partial charge on any atom is 0.145 e. The van der Waals surface area contributed by atoms with Crippen LogP contribution < -0.4 is 0 Å². The van der Waals surface area contributed by atoms with Crippen LogP contribution in [0.3, 0.4) is 0 Å². The van der Waals surface area contributed by atoms with Crippen LogP contribution in [0, 0.1) is 5.82 Å². The fourth-order valence-corrected chi connectivity index (χ4v) is 6.54. The highest BCUT2D eigenvalue weighted by atomic mass is 32.2. The van der Waals surface area contributed by atoms with Crippen molar-refractivity contribution in [2.75, 3.05) is 32.7 Å². The molecule has 0 atom stereocenters. The summed E-state index contributed by atoms with van der Waals surface area (Å²) in [5.74, 6) is 0.706. The molecule has 1 saturated heterocycles. The Balaban J connectivity index is 1.47. The fourth-order valence-electron chi connectivity index (χ4n) is 4.23. The number of rotatable bonds is 5. The molecule has 0 bridgehead atoms. The van der Waals surface area contributed by atoms with Gasteiger partial charge in [-0.2, -0.15) is 0 Å². The summed E-state index contributed by atoms with van der Waals surface area (Å²) in [4.78, 5) is 18.5. The Hall–Kier alpha value is -1.54. The van der Waals surface area contributed by atoms with Gasteiger partial charge in [0.05, 0.1) is 6.54 Å². The van der Waals surface area contributed by atoms with Gasteiger partial charge in [-0.1, -0.05) is 18.7 Å². The maximum atomic E-state index is 13.3. The third-order valence-electron chi connectivity index (χ3n) is 5.88. The van der Waals surface area contributed by atoms with Crippen molar-refractivity contribution in [2.24, 2.45) is 0 Å². The van der Waals surface area contributed by atoms with E-state index in [2.05, 4.69) is 16.7 Å². The van der Waals surface area contributed by atoms with E-state index in [1.807, 2.05) is 23.5 Å². The van der Waals surface area contributed by atoms with Crippen LogP contribution in [-0.4, -0.2) is 52.5 Å². The molecule has 3 aromatic rings. The lowest BCUT2D eigenvalue weighted by atomic mass is 10.2. The third-order valence-corrected chi connectivity index (χ3v) is 8.07. The van der Waals surface area contributed by atoms with Crippen LogP contribution in [0.25, 0.3) is 10.2 Å². The topological polar surface area (TPSA) is 32.3 Å². The minimum atomic E-state index is -0.203. The average molecular weight is 429 g/mol.